The highest BCUT2D eigenvalue weighted by molar-refractivity contribution is 5.30. The van der Waals surface area contributed by atoms with Crippen LogP contribution in [0.15, 0.2) is 24.3 Å². The largest absolute Gasteiger partial charge is 0.497 e. The van der Waals surface area contributed by atoms with Crippen molar-refractivity contribution in [2.45, 2.75) is 64.4 Å². The van der Waals surface area contributed by atoms with Crippen LogP contribution >= 0.6 is 0 Å². The van der Waals surface area contributed by atoms with E-state index in [1.54, 1.807) is 7.11 Å². The highest BCUT2D eigenvalue weighted by Gasteiger charge is 2.22. The van der Waals surface area contributed by atoms with Crippen LogP contribution in [0.2, 0.25) is 0 Å². The minimum absolute atomic E-state index is 0.725. The number of aliphatic hydroxyl groups is 1. The lowest BCUT2D eigenvalue weighted by molar-refractivity contribution is 0.0448. The van der Waals surface area contributed by atoms with E-state index in [0.717, 1.165) is 24.2 Å². The van der Waals surface area contributed by atoms with Gasteiger partial charge in [0, 0.05) is 0 Å². The number of rotatable bonds is 9. The van der Waals surface area contributed by atoms with Crippen LogP contribution in [0.4, 0.5) is 0 Å². The first-order chi connectivity index (χ1) is 9.10. The van der Waals surface area contributed by atoms with Gasteiger partial charge >= 0.3 is 0 Å². The zero-order valence-corrected chi connectivity index (χ0v) is 12.6. The second-order valence-corrected chi connectivity index (χ2v) is 5.52. The molecule has 1 unspecified atom stereocenters. The van der Waals surface area contributed by atoms with Gasteiger partial charge in [-0.05, 0) is 31.0 Å². The highest BCUT2D eigenvalue weighted by atomic mass is 16.5. The van der Waals surface area contributed by atoms with Gasteiger partial charge < -0.3 is 9.84 Å². The lowest BCUT2D eigenvalue weighted by atomic mass is 9.90. The third-order valence-corrected chi connectivity index (χ3v) is 3.73. The standard InChI is InChI=1S/C17H28O2/c1-4-5-6-7-8-9-14-17(2,18)15-10-12-16(19-3)13-11-15/h10-13,18H,4-9,14H2,1-3H3. The van der Waals surface area contributed by atoms with Crippen molar-refractivity contribution in [2.75, 3.05) is 7.11 Å². The quantitative estimate of drug-likeness (QED) is 0.658. The molecule has 1 aromatic carbocycles. The summed E-state index contributed by atoms with van der Waals surface area (Å²) in [4.78, 5) is 0. The van der Waals surface area contributed by atoms with Gasteiger partial charge in [0.2, 0.25) is 0 Å². The first kappa shape index (κ1) is 16.0. The van der Waals surface area contributed by atoms with E-state index in [2.05, 4.69) is 6.92 Å². The van der Waals surface area contributed by atoms with Crippen molar-refractivity contribution in [1.82, 2.24) is 0 Å². The number of ether oxygens (including phenoxy) is 1. The number of benzene rings is 1. The monoisotopic (exact) mass is 264 g/mol. The maximum absolute atomic E-state index is 10.5. The van der Waals surface area contributed by atoms with Crippen molar-refractivity contribution in [2.24, 2.45) is 0 Å². The minimum atomic E-state index is -0.725. The van der Waals surface area contributed by atoms with Crippen LogP contribution in [0.1, 0.15) is 64.4 Å². The van der Waals surface area contributed by atoms with Gasteiger partial charge in [0.05, 0.1) is 12.7 Å². The topological polar surface area (TPSA) is 29.5 Å². The Bertz CT molecular complexity index is 341. The summed E-state index contributed by atoms with van der Waals surface area (Å²) in [7, 11) is 1.66. The normalized spacial score (nSPS) is 14.1. The number of hydrogen-bond donors (Lipinski definition) is 1. The fourth-order valence-corrected chi connectivity index (χ4v) is 2.34. The van der Waals surface area contributed by atoms with Gasteiger partial charge in [-0.3, -0.25) is 0 Å². The minimum Gasteiger partial charge on any atom is -0.497 e. The summed E-state index contributed by atoms with van der Waals surface area (Å²) < 4.78 is 5.14. The molecule has 1 atom stereocenters. The SMILES string of the molecule is CCCCCCCCC(C)(O)c1ccc(OC)cc1. The molecule has 0 radical (unpaired) electrons. The Balaban J connectivity index is 2.37. The zero-order chi connectivity index (χ0) is 14.1. The molecule has 0 saturated carbocycles. The third kappa shape index (κ3) is 5.65. The molecule has 108 valence electrons. The van der Waals surface area contributed by atoms with E-state index in [9.17, 15) is 5.11 Å². The van der Waals surface area contributed by atoms with Gasteiger partial charge in [0.15, 0.2) is 0 Å². The molecular formula is C17H28O2. The van der Waals surface area contributed by atoms with Crippen LogP contribution < -0.4 is 4.74 Å². The van der Waals surface area contributed by atoms with Crippen LogP contribution in [0.25, 0.3) is 0 Å². The van der Waals surface area contributed by atoms with E-state index in [4.69, 9.17) is 4.74 Å². The first-order valence-electron chi connectivity index (χ1n) is 7.47. The average Bonchev–Trinajstić information content (AvgIpc) is 2.43. The summed E-state index contributed by atoms with van der Waals surface area (Å²) in [6.45, 7) is 4.13. The van der Waals surface area contributed by atoms with E-state index in [1.165, 1.54) is 32.1 Å². The van der Waals surface area contributed by atoms with Crippen molar-refractivity contribution < 1.29 is 9.84 Å². The lowest BCUT2D eigenvalue weighted by Crippen LogP contribution is -2.20. The Labute approximate surface area is 117 Å². The zero-order valence-electron chi connectivity index (χ0n) is 12.6. The maximum atomic E-state index is 10.5. The Kier molecular flexibility index (Phi) is 6.93. The molecule has 2 nitrogen and oxygen atoms in total. The van der Waals surface area contributed by atoms with Crippen LogP contribution in [0.5, 0.6) is 5.75 Å². The van der Waals surface area contributed by atoms with Crippen molar-refractivity contribution in [3.05, 3.63) is 29.8 Å². The molecule has 0 aliphatic carbocycles. The predicted molar refractivity (Wildman–Crippen MR) is 80.6 cm³/mol. The summed E-state index contributed by atoms with van der Waals surface area (Å²) in [5.41, 5.74) is 0.249. The molecule has 0 bridgehead atoms. The smallest absolute Gasteiger partial charge is 0.118 e. The van der Waals surface area contributed by atoms with Gasteiger partial charge in [-0.25, -0.2) is 0 Å². The summed E-state index contributed by atoms with van der Waals surface area (Å²) in [5, 5.41) is 10.5. The maximum Gasteiger partial charge on any atom is 0.118 e. The molecule has 19 heavy (non-hydrogen) atoms. The summed E-state index contributed by atoms with van der Waals surface area (Å²) in [5.74, 6) is 0.833. The van der Waals surface area contributed by atoms with E-state index in [0.29, 0.717) is 0 Å². The van der Waals surface area contributed by atoms with Crippen LogP contribution in [0, 0.1) is 0 Å². The number of unbranched alkanes of at least 4 members (excludes halogenated alkanes) is 5. The Morgan fingerprint density at radius 2 is 1.58 bits per heavy atom. The predicted octanol–water partition coefficient (Wildman–Crippen LogP) is 4.65. The van der Waals surface area contributed by atoms with Crippen molar-refractivity contribution in [3.63, 3.8) is 0 Å². The molecule has 1 aromatic rings. The molecule has 0 spiro atoms. The second-order valence-electron chi connectivity index (χ2n) is 5.52. The average molecular weight is 264 g/mol. The Morgan fingerprint density at radius 3 is 2.16 bits per heavy atom. The molecule has 1 N–H and O–H groups in total. The van der Waals surface area contributed by atoms with Gasteiger partial charge in [-0.1, -0.05) is 57.6 Å². The molecule has 0 aliphatic rings. The summed E-state index contributed by atoms with van der Waals surface area (Å²) in [6.07, 6.45) is 8.34. The molecule has 1 rings (SSSR count). The van der Waals surface area contributed by atoms with E-state index in [-0.39, 0.29) is 0 Å². The van der Waals surface area contributed by atoms with Crippen LogP contribution in [-0.2, 0) is 5.60 Å². The molecule has 0 fully saturated rings. The molecule has 0 heterocycles. The van der Waals surface area contributed by atoms with Gasteiger partial charge in [-0.2, -0.15) is 0 Å². The molecule has 2 heteroatoms. The molecule has 0 saturated heterocycles. The van der Waals surface area contributed by atoms with Crippen LogP contribution in [0.3, 0.4) is 0 Å². The molecule has 0 aliphatic heterocycles. The van der Waals surface area contributed by atoms with E-state index in [1.807, 2.05) is 31.2 Å². The van der Waals surface area contributed by atoms with E-state index >= 15 is 0 Å². The molecular weight excluding hydrogens is 236 g/mol. The van der Waals surface area contributed by atoms with Gasteiger partial charge in [-0.15, -0.1) is 0 Å². The molecule has 0 amide bonds. The van der Waals surface area contributed by atoms with Crippen molar-refractivity contribution in [1.29, 1.82) is 0 Å². The van der Waals surface area contributed by atoms with Crippen molar-refractivity contribution >= 4 is 0 Å². The third-order valence-electron chi connectivity index (χ3n) is 3.73. The van der Waals surface area contributed by atoms with Crippen LogP contribution in [-0.4, -0.2) is 12.2 Å². The highest BCUT2D eigenvalue weighted by Crippen LogP contribution is 2.28. The van der Waals surface area contributed by atoms with Gasteiger partial charge in [0.1, 0.15) is 5.75 Å². The second kappa shape index (κ2) is 8.21. The Morgan fingerprint density at radius 1 is 1.00 bits per heavy atom. The lowest BCUT2D eigenvalue weighted by Gasteiger charge is -2.24. The number of methoxy groups -OCH3 is 1. The Hall–Kier alpha value is -1.02. The summed E-state index contributed by atoms with van der Waals surface area (Å²) >= 11 is 0. The number of hydrogen-bond acceptors (Lipinski definition) is 2. The fourth-order valence-electron chi connectivity index (χ4n) is 2.34. The fraction of sp³-hybridized carbons (Fsp3) is 0.647. The van der Waals surface area contributed by atoms with Gasteiger partial charge in [0.25, 0.3) is 0 Å². The molecule has 0 aromatic heterocycles. The van der Waals surface area contributed by atoms with Crippen molar-refractivity contribution in [3.8, 4) is 5.75 Å². The summed E-state index contributed by atoms with van der Waals surface area (Å²) in [6, 6.07) is 7.72. The first-order valence-corrected chi connectivity index (χ1v) is 7.47. The van der Waals surface area contributed by atoms with E-state index < -0.39 is 5.60 Å².